The fraction of sp³-hybridized carbons (Fsp3) is 0.600. The number of nitrogens with one attached hydrogen (secondary N) is 1. The summed E-state index contributed by atoms with van der Waals surface area (Å²) in [5.74, 6) is 0. The van der Waals surface area contributed by atoms with Crippen LogP contribution in [0.4, 0.5) is 5.69 Å². The molecule has 1 atom stereocenters. The molecule has 0 radical (unpaired) electrons. The van der Waals surface area contributed by atoms with Crippen LogP contribution in [0.15, 0.2) is 24.3 Å². The summed E-state index contributed by atoms with van der Waals surface area (Å²) in [5.41, 5.74) is 1.08. The van der Waals surface area contributed by atoms with Gasteiger partial charge < -0.3 is 15.0 Å². The molecule has 0 saturated heterocycles. The molecular weight excluding hydrogens is 270 g/mol. The maximum atomic E-state index is 10.8. The second-order valence-corrected chi connectivity index (χ2v) is 5.18. The molecule has 0 aliphatic carbocycles. The number of benzene rings is 1. The molecule has 0 bridgehead atoms. The Morgan fingerprint density at radius 2 is 2.14 bits per heavy atom. The third kappa shape index (κ3) is 6.66. The van der Waals surface area contributed by atoms with E-state index in [0.29, 0.717) is 13.2 Å². The van der Waals surface area contributed by atoms with Crippen molar-refractivity contribution in [1.29, 1.82) is 0 Å². The summed E-state index contributed by atoms with van der Waals surface area (Å²) in [6.07, 6.45) is 0.874. The number of likely N-dealkylation sites (N-methyl/N-ethyl adjacent to an activating group) is 1. The monoisotopic (exact) mass is 295 g/mol. The quantitative estimate of drug-likeness (QED) is 0.407. The molecule has 1 rings (SSSR count). The Bertz CT molecular complexity index is 438. The summed E-state index contributed by atoms with van der Waals surface area (Å²) in [7, 11) is 4.02. The zero-order chi connectivity index (χ0) is 15.7. The number of non-ortho nitro benzene ring substituents is 1. The molecular formula is C15H25N3O3. The van der Waals surface area contributed by atoms with Crippen LogP contribution in [0.25, 0.3) is 0 Å². The van der Waals surface area contributed by atoms with Crippen LogP contribution in [0.3, 0.4) is 0 Å². The lowest BCUT2D eigenvalue weighted by molar-refractivity contribution is -0.384. The van der Waals surface area contributed by atoms with Gasteiger partial charge in [-0.25, -0.2) is 0 Å². The maximum Gasteiger partial charge on any atom is 0.269 e. The van der Waals surface area contributed by atoms with Gasteiger partial charge in [0.25, 0.3) is 5.69 Å². The first kappa shape index (κ1) is 17.6. The molecule has 6 heteroatoms. The molecule has 0 aliphatic rings. The van der Waals surface area contributed by atoms with Gasteiger partial charge in [0.2, 0.25) is 0 Å². The minimum absolute atomic E-state index is 0.113. The van der Waals surface area contributed by atoms with E-state index < -0.39 is 0 Å². The van der Waals surface area contributed by atoms with E-state index in [-0.39, 0.29) is 16.7 Å². The summed E-state index contributed by atoms with van der Waals surface area (Å²) < 4.78 is 5.52. The maximum absolute atomic E-state index is 10.8. The van der Waals surface area contributed by atoms with Crippen LogP contribution in [-0.4, -0.2) is 50.2 Å². The van der Waals surface area contributed by atoms with Crippen molar-refractivity contribution in [2.24, 2.45) is 0 Å². The highest BCUT2D eigenvalue weighted by atomic mass is 16.6. The molecule has 0 saturated carbocycles. The van der Waals surface area contributed by atoms with Gasteiger partial charge in [-0.2, -0.15) is 0 Å². The average molecular weight is 295 g/mol. The molecule has 6 nitrogen and oxygen atoms in total. The molecule has 0 aliphatic heterocycles. The van der Waals surface area contributed by atoms with Crippen LogP contribution in [0.2, 0.25) is 0 Å². The Hall–Kier alpha value is -1.50. The van der Waals surface area contributed by atoms with E-state index in [1.165, 1.54) is 6.07 Å². The van der Waals surface area contributed by atoms with Crippen molar-refractivity contribution in [3.05, 3.63) is 39.9 Å². The number of hydrogen-bond donors (Lipinski definition) is 1. The lowest BCUT2D eigenvalue weighted by Gasteiger charge is -2.17. The minimum atomic E-state index is -0.361. The van der Waals surface area contributed by atoms with Crippen molar-refractivity contribution in [3.8, 4) is 0 Å². The molecule has 0 fully saturated rings. The van der Waals surface area contributed by atoms with Crippen molar-refractivity contribution in [2.75, 3.05) is 40.4 Å². The zero-order valence-electron chi connectivity index (χ0n) is 13.0. The highest BCUT2D eigenvalue weighted by Crippen LogP contribution is 2.21. The van der Waals surface area contributed by atoms with E-state index in [0.717, 1.165) is 25.1 Å². The van der Waals surface area contributed by atoms with Gasteiger partial charge in [0, 0.05) is 31.3 Å². The van der Waals surface area contributed by atoms with Crippen LogP contribution >= 0.6 is 0 Å². The first-order valence-corrected chi connectivity index (χ1v) is 7.24. The Balaban J connectivity index is 2.41. The van der Waals surface area contributed by atoms with Gasteiger partial charge in [-0.3, -0.25) is 10.1 Å². The fourth-order valence-electron chi connectivity index (χ4n) is 2.01. The van der Waals surface area contributed by atoms with Crippen LogP contribution < -0.4 is 5.32 Å². The van der Waals surface area contributed by atoms with Gasteiger partial charge in [-0.1, -0.05) is 19.1 Å². The zero-order valence-corrected chi connectivity index (χ0v) is 13.0. The van der Waals surface area contributed by atoms with Crippen molar-refractivity contribution in [3.63, 3.8) is 0 Å². The molecule has 1 aromatic carbocycles. The lowest BCUT2D eigenvalue weighted by Crippen LogP contribution is -2.26. The number of rotatable bonds is 10. The summed E-state index contributed by atoms with van der Waals surface area (Å²) >= 11 is 0. The minimum Gasteiger partial charge on any atom is -0.379 e. The van der Waals surface area contributed by atoms with E-state index in [1.54, 1.807) is 12.1 Å². The summed E-state index contributed by atoms with van der Waals surface area (Å²) in [6.45, 7) is 5.04. The molecule has 1 aromatic rings. The van der Waals surface area contributed by atoms with Crippen molar-refractivity contribution >= 4 is 5.69 Å². The molecule has 118 valence electrons. The third-order valence-corrected chi connectivity index (χ3v) is 3.21. The van der Waals surface area contributed by atoms with Crippen molar-refractivity contribution in [1.82, 2.24) is 10.2 Å². The molecule has 0 heterocycles. The number of nitro benzene ring substituents is 1. The number of nitro groups is 1. The van der Waals surface area contributed by atoms with Crippen LogP contribution in [0.1, 0.15) is 24.9 Å². The normalized spacial score (nSPS) is 12.6. The predicted molar refractivity (Wildman–Crippen MR) is 83.5 cm³/mol. The molecule has 0 spiro atoms. The first-order chi connectivity index (χ1) is 10.0. The fourth-order valence-corrected chi connectivity index (χ4v) is 2.01. The highest BCUT2D eigenvalue weighted by molar-refractivity contribution is 5.35. The smallest absolute Gasteiger partial charge is 0.269 e. The highest BCUT2D eigenvalue weighted by Gasteiger charge is 2.12. The molecule has 1 N–H and O–H groups in total. The van der Waals surface area contributed by atoms with Crippen molar-refractivity contribution < 1.29 is 9.66 Å². The van der Waals surface area contributed by atoms with Gasteiger partial charge in [0.05, 0.1) is 18.1 Å². The molecule has 21 heavy (non-hydrogen) atoms. The average Bonchev–Trinajstić information content (AvgIpc) is 2.46. The third-order valence-electron chi connectivity index (χ3n) is 3.21. The van der Waals surface area contributed by atoms with Gasteiger partial charge in [0.1, 0.15) is 0 Å². The Morgan fingerprint density at radius 1 is 1.38 bits per heavy atom. The molecule has 0 amide bonds. The van der Waals surface area contributed by atoms with E-state index in [2.05, 4.69) is 17.1 Å². The Morgan fingerprint density at radius 3 is 2.76 bits per heavy atom. The van der Waals surface area contributed by atoms with Gasteiger partial charge >= 0.3 is 0 Å². The SMILES string of the molecule is CCC(NCCOCCN(C)C)c1cccc([N+](=O)[O-])c1. The molecule has 1 unspecified atom stereocenters. The van der Waals surface area contributed by atoms with E-state index in [1.807, 2.05) is 20.2 Å². The van der Waals surface area contributed by atoms with Gasteiger partial charge in [-0.15, -0.1) is 0 Å². The van der Waals surface area contributed by atoms with Crippen molar-refractivity contribution in [2.45, 2.75) is 19.4 Å². The van der Waals surface area contributed by atoms with Crippen LogP contribution in [-0.2, 0) is 4.74 Å². The first-order valence-electron chi connectivity index (χ1n) is 7.24. The van der Waals surface area contributed by atoms with Gasteiger partial charge in [0.15, 0.2) is 0 Å². The lowest BCUT2D eigenvalue weighted by atomic mass is 10.0. The molecule has 0 aromatic heterocycles. The standard InChI is InChI=1S/C15H25N3O3/c1-4-15(16-8-10-21-11-9-17(2)3)13-6-5-7-14(12-13)18(19)20/h5-7,12,15-16H,4,8-11H2,1-3H3. The topological polar surface area (TPSA) is 67.6 Å². The van der Waals surface area contributed by atoms with E-state index >= 15 is 0 Å². The second-order valence-electron chi connectivity index (χ2n) is 5.18. The van der Waals surface area contributed by atoms with Crippen LogP contribution in [0.5, 0.6) is 0 Å². The Kier molecular flexibility index (Phi) is 7.89. The largest absolute Gasteiger partial charge is 0.379 e. The summed E-state index contributed by atoms with van der Waals surface area (Å²) in [5, 5.41) is 14.2. The Labute approximate surface area is 126 Å². The number of hydrogen-bond acceptors (Lipinski definition) is 5. The predicted octanol–water partition coefficient (Wildman–Crippen LogP) is 2.21. The van der Waals surface area contributed by atoms with E-state index in [9.17, 15) is 10.1 Å². The van der Waals surface area contributed by atoms with Crippen LogP contribution in [0, 0.1) is 10.1 Å². The van der Waals surface area contributed by atoms with Gasteiger partial charge in [-0.05, 0) is 26.1 Å². The number of ether oxygens (including phenoxy) is 1. The second kappa shape index (κ2) is 9.44. The van der Waals surface area contributed by atoms with E-state index in [4.69, 9.17) is 4.74 Å². The summed E-state index contributed by atoms with van der Waals surface area (Å²) in [4.78, 5) is 12.5. The number of nitrogens with zero attached hydrogens (tertiary/aromatic N) is 2. The summed E-state index contributed by atoms with van der Waals surface area (Å²) in [6, 6.07) is 6.91.